The Bertz CT molecular complexity index is 531. The highest BCUT2D eigenvalue weighted by Crippen LogP contribution is 2.19. The molecule has 2 aromatic heterocycles. The third kappa shape index (κ3) is 4.12. The van der Waals surface area contributed by atoms with Gasteiger partial charge in [-0.3, -0.25) is 4.79 Å². The summed E-state index contributed by atoms with van der Waals surface area (Å²) in [6, 6.07) is 0. The fourth-order valence-electron chi connectivity index (χ4n) is 1.76. The molecule has 0 atom stereocenters. The normalized spacial score (nSPS) is 10.7. The van der Waals surface area contributed by atoms with Crippen LogP contribution in [0.4, 0.5) is 0 Å². The van der Waals surface area contributed by atoms with Crippen molar-refractivity contribution in [1.82, 2.24) is 20.4 Å². The molecule has 2 N–H and O–H groups in total. The van der Waals surface area contributed by atoms with Crippen molar-refractivity contribution in [2.45, 2.75) is 26.0 Å². The minimum atomic E-state index is 0.0355. The largest absolute Gasteiger partial charge is 0.361 e. The number of hydrogen-bond acceptors (Lipinski definition) is 5. The molecule has 20 heavy (non-hydrogen) atoms. The topological polar surface area (TPSA) is 83.8 Å². The lowest BCUT2D eigenvalue weighted by atomic mass is 10.2. The van der Waals surface area contributed by atoms with Gasteiger partial charge < -0.3 is 14.8 Å². The van der Waals surface area contributed by atoms with E-state index in [2.05, 4.69) is 20.4 Å². The first-order valence-electron chi connectivity index (χ1n) is 6.41. The van der Waals surface area contributed by atoms with Crippen LogP contribution >= 0.6 is 11.8 Å². The van der Waals surface area contributed by atoms with Crippen LogP contribution in [0.5, 0.6) is 0 Å². The molecule has 2 rings (SSSR count). The number of nitrogens with zero attached hydrogens (tertiary/aromatic N) is 2. The van der Waals surface area contributed by atoms with Crippen molar-refractivity contribution in [1.29, 1.82) is 0 Å². The SMILES string of the molecule is Cc1noc(C)c1CSCC(=O)NCCc1ncc[nH]1. The number of thioether (sulfide) groups is 1. The van der Waals surface area contributed by atoms with Gasteiger partial charge in [0.25, 0.3) is 0 Å². The van der Waals surface area contributed by atoms with Gasteiger partial charge >= 0.3 is 0 Å². The van der Waals surface area contributed by atoms with E-state index in [9.17, 15) is 4.79 Å². The molecule has 0 bridgehead atoms. The molecule has 2 aromatic rings. The predicted octanol–water partition coefficient (Wildman–Crippen LogP) is 1.61. The van der Waals surface area contributed by atoms with Crippen LogP contribution < -0.4 is 5.32 Å². The van der Waals surface area contributed by atoms with Crippen LogP contribution in [-0.2, 0) is 17.0 Å². The highest BCUT2D eigenvalue weighted by Gasteiger charge is 2.10. The Morgan fingerprint density at radius 2 is 2.35 bits per heavy atom. The Morgan fingerprint density at radius 1 is 1.50 bits per heavy atom. The lowest BCUT2D eigenvalue weighted by molar-refractivity contribution is -0.118. The highest BCUT2D eigenvalue weighted by molar-refractivity contribution is 7.99. The van der Waals surface area contributed by atoms with Crippen LogP contribution in [0.15, 0.2) is 16.9 Å². The van der Waals surface area contributed by atoms with E-state index in [0.717, 1.165) is 28.6 Å². The number of imidazole rings is 1. The summed E-state index contributed by atoms with van der Waals surface area (Å²) >= 11 is 1.56. The van der Waals surface area contributed by atoms with Gasteiger partial charge in [0, 0.05) is 36.7 Å². The number of amides is 1. The Hall–Kier alpha value is -1.76. The molecule has 1 amide bonds. The van der Waals surface area contributed by atoms with E-state index in [4.69, 9.17) is 4.52 Å². The van der Waals surface area contributed by atoms with Crippen molar-refractivity contribution in [3.8, 4) is 0 Å². The average molecular weight is 294 g/mol. The lowest BCUT2D eigenvalue weighted by Crippen LogP contribution is -2.27. The molecule has 0 saturated carbocycles. The summed E-state index contributed by atoms with van der Waals surface area (Å²) in [6.07, 6.45) is 4.19. The molecular weight excluding hydrogens is 276 g/mol. The molecule has 0 saturated heterocycles. The number of carbonyl (C=O) groups is 1. The molecule has 2 heterocycles. The first-order valence-corrected chi connectivity index (χ1v) is 7.56. The number of nitrogens with one attached hydrogen (secondary N) is 2. The predicted molar refractivity (Wildman–Crippen MR) is 77.4 cm³/mol. The van der Waals surface area contributed by atoms with Gasteiger partial charge in [0.15, 0.2) is 0 Å². The molecule has 0 aliphatic rings. The first-order chi connectivity index (χ1) is 9.66. The maximum Gasteiger partial charge on any atom is 0.230 e. The zero-order chi connectivity index (χ0) is 14.4. The van der Waals surface area contributed by atoms with Crippen LogP contribution in [0.1, 0.15) is 22.8 Å². The minimum absolute atomic E-state index is 0.0355. The molecule has 7 heteroatoms. The van der Waals surface area contributed by atoms with E-state index in [1.165, 1.54) is 0 Å². The quantitative estimate of drug-likeness (QED) is 0.810. The first kappa shape index (κ1) is 14.6. The number of aromatic nitrogens is 3. The van der Waals surface area contributed by atoms with Gasteiger partial charge in [0.2, 0.25) is 5.91 Å². The fourth-order valence-corrected chi connectivity index (χ4v) is 2.77. The van der Waals surface area contributed by atoms with Crippen LogP contribution in [-0.4, -0.2) is 33.3 Å². The van der Waals surface area contributed by atoms with E-state index in [-0.39, 0.29) is 5.91 Å². The molecular formula is C13H18N4O2S. The Balaban J connectivity index is 1.63. The van der Waals surface area contributed by atoms with Gasteiger partial charge in [-0.25, -0.2) is 4.98 Å². The summed E-state index contributed by atoms with van der Waals surface area (Å²) < 4.78 is 5.08. The second-order valence-electron chi connectivity index (χ2n) is 4.43. The van der Waals surface area contributed by atoms with E-state index in [1.54, 1.807) is 24.2 Å². The van der Waals surface area contributed by atoms with Gasteiger partial charge in [-0.05, 0) is 13.8 Å². The van der Waals surface area contributed by atoms with Crippen LogP contribution in [0, 0.1) is 13.8 Å². The van der Waals surface area contributed by atoms with Crippen molar-refractivity contribution in [2.75, 3.05) is 12.3 Å². The van der Waals surface area contributed by atoms with Gasteiger partial charge in [-0.15, -0.1) is 11.8 Å². The average Bonchev–Trinajstić information content (AvgIpc) is 3.03. The number of hydrogen-bond donors (Lipinski definition) is 2. The van der Waals surface area contributed by atoms with Gasteiger partial charge in [-0.2, -0.15) is 0 Å². The summed E-state index contributed by atoms with van der Waals surface area (Å²) in [4.78, 5) is 18.8. The zero-order valence-corrected chi connectivity index (χ0v) is 12.4. The molecule has 0 spiro atoms. The zero-order valence-electron chi connectivity index (χ0n) is 11.6. The summed E-state index contributed by atoms with van der Waals surface area (Å²) in [7, 11) is 0. The monoisotopic (exact) mass is 294 g/mol. The molecule has 6 nitrogen and oxygen atoms in total. The summed E-state index contributed by atoms with van der Waals surface area (Å²) in [5.41, 5.74) is 1.98. The van der Waals surface area contributed by atoms with Crippen molar-refractivity contribution in [3.05, 3.63) is 35.2 Å². The van der Waals surface area contributed by atoms with Crippen molar-refractivity contribution in [2.24, 2.45) is 0 Å². The molecule has 0 aliphatic carbocycles. The van der Waals surface area contributed by atoms with Gasteiger partial charge in [0.05, 0.1) is 11.4 Å². The standard InChI is InChI=1S/C13H18N4O2S/c1-9-11(10(2)19-17-9)7-20-8-13(18)16-4-3-12-14-5-6-15-12/h5-6H,3-4,7-8H2,1-2H3,(H,14,15)(H,16,18). The number of carbonyl (C=O) groups excluding carboxylic acids is 1. The molecule has 0 fully saturated rings. The summed E-state index contributed by atoms with van der Waals surface area (Å²) in [5, 5.41) is 6.76. The van der Waals surface area contributed by atoms with Crippen molar-refractivity contribution in [3.63, 3.8) is 0 Å². The van der Waals surface area contributed by atoms with Gasteiger partial charge in [0.1, 0.15) is 11.6 Å². The second kappa shape index (κ2) is 7.14. The Labute approximate surface area is 121 Å². The Morgan fingerprint density at radius 3 is 3.00 bits per heavy atom. The number of aromatic amines is 1. The highest BCUT2D eigenvalue weighted by atomic mass is 32.2. The lowest BCUT2D eigenvalue weighted by Gasteiger charge is -2.04. The molecule has 0 radical (unpaired) electrons. The maximum atomic E-state index is 11.7. The smallest absolute Gasteiger partial charge is 0.230 e. The van der Waals surface area contributed by atoms with E-state index < -0.39 is 0 Å². The van der Waals surface area contributed by atoms with Gasteiger partial charge in [-0.1, -0.05) is 5.16 Å². The minimum Gasteiger partial charge on any atom is -0.361 e. The third-order valence-corrected chi connectivity index (χ3v) is 3.86. The summed E-state index contributed by atoms with van der Waals surface area (Å²) in [5.74, 6) is 2.92. The second-order valence-corrected chi connectivity index (χ2v) is 5.42. The molecule has 0 aliphatic heterocycles. The maximum absolute atomic E-state index is 11.7. The van der Waals surface area contributed by atoms with Crippen LogP contribution in [0.25, 0.3) is 0 Å². The Kier molecular flexibility index (Phi) is 5.23. The molecule has 0 aromatic carbocycles. The fraction of sp³-hybridized carbons (Fsp3) is 0.462. The number of H-pyrrole nitrogens is 1. The number of aryl methyl sites for hydroxylation is 2. The van der Waals surface area contributed by atoms with Crippen LogP contribution in [0.2, 0.25) is 0 Å². The molecule has 0 unspecified atom stereocenters. The third-order valence-electron chi connectivity index (χ3n) is 2.90. The molecule has 108 valence electrons. The summed E-state index contributed by atoms with van der Waals surface area (Å²) in [6.45, 7) is 4.40. The van der Waals surface area contributed by atoms with E-state index >= 15 is 0 Å². The van der Waals surface area contributed by atoms with Crippen molar-refractivity contribution < 1.29 is 9.32 Å². The van der Waals surface area contributed by atoms with E-state index in [1.807, 2.05) is 13.8 Å². The van der Waals surface area contributed by atoms with Crippen LogP contribution in [0.3, 0.4) is 0 Å². The number of rotatable bonds is 7. The van der Waals surface area contributed by atoms with E-state index in [0.29, 0.717) is 18.7 Å². The van der Waals surface area contributed by atoms with Crippen molar-refractivity contribution >= 4 is 17.7 Å².